The SMILES string of the molecule is CNC(=O)[C@@H]1C[C@H]2CN(Cc3c(C)noc3C)C[C@H]2N1C(C)C.O=C(O)C(F)(F)F.O=C(O)C(F)(F)F. The van der Waals surface area contributed by atoms with E-state index >= 15 is 0 Å². The van der Waals surface area contributed by atoms with Gasteiger partial charge in [-0.1, -0.05) is 5.16 Å². The lowest BCUT2D eigenvalue weighted by atomic mass is 10.0. The Labute approximate surface area is 208 Å². The molecule has 1 aromatic heterocycles. The molecule has 0 radical (unpaired) electrons. The Bertz CT molecular complexity index is 905. The molecule has 3 heterocycles. The van der Waals surface area contributed by atoms with E-state index in [1.165, 1.54) is 5.56 Å². The van der Waals surface area contributed by atoms with E-state index in [1.807, 2.05) is 13.8 Å². The average Bonchev–Trinajstić information content (AvgIpc) is 3.40. The first-order valence-corrected chi connectivity index (χ1v) is 11.0. The largest absolute Gasteiger partial charge is 0.490 e. The summed E-state index contributed by atoms with van der Waals surface area (Å²) in [6.45, 7) is 11.3. The number of nitrogens with zero attached hydrogens (tertiary/aromatic N) is 3. The highest BCUT2D eigenvalue weighted by Gasteiger charge is 2.49. The van der Waals surface area contributed by atoms with Gasteiger partial charge in [-0.25, -0.2) is 9.59 Å². The van der Waals surface area contributed by atoms with Crippen molar-refractivity contribution in [2.24, 2.45) is 5.92 Å². The smallest absolute Gasteiger partial charge is 0.475 e. The monoisotopic (exact) mass is 548 g/mol. The fourth-order valence-electron chi connectivity index (χ4n) is 4.38. The molecule has 10 nitrogen and oxygen atoms in total. The first-order valence-electron chi connectivity index (χ1n) is 11.0. The Kier molecular flexibility index (Phi) is 10.9. The van der Waals surface area contributed by atoms with Crippen LogP contribution in [0.5, 0.6) is 0 Å². The van der Waals surface area contributed by atoms with E-state index in [2.05, 4.69) is 34.1 Å². The molecule has 16 heteroatoms. The number of likely N-dealkylation sites (N-methyl/N-ethyl adjacent to an activating group) is 1. The first kappa shape index (κ1) is 32.1. The highest BCUT2D eigenvalue weighted by atomic mass is 19.4. The minimum Gasteiger partial charge on any atom is -0.475 e. The number of hydrogen-bond acceptors (Lipinski definition) is 7. The zero-order chi connectivity index (χ0) is 28.9. The lowest BCUT2D eigenvalue weighted by Crippen LogP contribution is -2.50. The van der Waals surface area contributed by atoms with Gasteiger partial charge in [-0.2, -0.15) is 26.3 Å². The summed E-state index contributed by atoms with van der Waals surface area (Å²) in [5.74, 6) is -3.87. The predicted octanol–water partition coefficient (Wildman–Crippen LogP) is 2.59. The van der Waals surface area contributed by atoms with Crippen LogP contribution in [0.2, 0.25) is 0 Å². The van der Waals surface area contributed by atoms with Crippen molar-refractivity contribution < 1.29 is 55.5 Å². The lowest BCUT2D eigenvalue weighted by Gasteiger charge is -2.33. The predicted molar refractivity (Wildman–Crippen MR) is 115 cm³/mol. The van der Waals surface area contributed by atoms with E-state index in [-0.39, 0.29) is 11.9 Å². The molecule has 0 saturated carbocycles. The second kappa shape index (κ2) is 12.6. The van der Waals surface area contributed by atoms with Crippen LogP contribution in [0, 0.1) is 19.8 Å². The molecule has 3 N–H and O–H groups in total. The topological polar surface area (TPSA) is 136 Å². The number of nitrogens with one attached hydrogen (secondary N) is 1. The van der Waals surface area contributed by atoms with Crippen LogP contribution in [-0.2, 0) is 20.9 Å². The maximum absolute atomic E-state index is 12.2. The number of carboxylic acids is 2. The summed E-state index contributed by atoms with van der Waals surface area (Å²) in [5.41, 5.74) is 2.20. The Balaban J connectivity index is 0.000000404. The second-order valence-electron chi connectivity index (χ2n) is 8.84. The summed E-state index contributed by atoms with van der Waals surface area (Å²) in [6.07, 6.45) is -9.21. The maximum Gasteiger partial charge on any atom is 0.490 e. The zero-order valence-corrected chi connectivity index (χ0v) is 20.8. The Morgan fingerprint density at radius 3 is 1.89 bits per heavy atom. The van der Waals surface area contributed by atoms with Crippen LogP contribution in [0.15, 0.2) is 4.52 Å². The van der Waals surface area contributed by atoms with Crippen molar-refractivity contribution in [2.75, 3.05) is 20.1 Å². The van der Waals surface area contributed by atoms with Crippen molar-refractivity contribution >= 4 is 17.8 Å². The first-order chi connectivity index (χ1) is 16.8. The van der Waals surface area contributed by atoms with Crippen molar-refractivity contribution in [3.05, 3.63) is 17.0 Å². The van der Waals surface area contributed by atoms with E-state index < -0.39 is 24.3 Å². The maximum atomic E-state index is 12.2. The molecule has 0 aliphatic carbocycles. The normalized spacial score (nSPS) is 22.0. The number of hydrogen-bond donors (Lipinski definition) is 3. The van der Waals surface area contributed by atoms with Crippen LogP contribution in [0.3, 0.4) is 0 Å². The zero-order valence-electron chi connectivity index (χ0n) is 20.8. The summed E-state index contributed by atoms with van der Waals surface area (Å²) in [4.78, 5) is 34.9. The highest BCUT2D eigenvalue weighted by molar-refractivity contribution is 5.82. The van der Waals surface area contributed by atoms with Crippen LogP contribution < -0.4 is 5.32 Å². The van der Waals surface area contributed by atoms with Crippen molar-refractivity contribution in [3.63, 3.8) is 0 Å². The van der Waals surface area contributed by atoms with Crippen LogP contribution >= 0.6 is 0 Å². The molecule has 3 atom stereocenters. The number of carbonyl (C=O) groups is 3. The lowest BCUT2D eigenvalue weighted by molar-refractivity contribution is -0.193. The Hall–Kier alpha value is -2.88. The number of halogens is 6. The number of carbonyl (C=O) groups excluding carboxylic acids is 1. The van der Waals surface area contributed by atoms with E-state index in [4.69, 9.17) is 24.3 Å². The van der Waals surface area contributed by atoms with Gasteiger partial charge in [0.15, 0.2) is 0 Å². The molecule has 2 aliphatic rings. The number of likely N-dealkylation sites (tertiary alicyclic amines) is 2. The molecule has 2 saturated heterocycles. The van der Waals surface area contributed by atoms with E-state index in [0.717, 1.165) is 37.5 Å². The summed E-state index contributed by atoms with van der Waals surface area (Å²) < 4.78 is 68.8. The molecular weight excluding hydrogens is 518 g/mol. The van der Waals surface area contributed by atoms with Gasteiger partial charge >= 0.3 is 24.3 Å². The molecule has 0 unspecified atom stereocenters. The number of carboxylic acid groups (broad SMARTS) is 2. The molecule has 37 heavy (non-hydrogen) atoms. The second-order valence-corrected chi connectivity index (χ2v) is 8.84. The van der Waals surface area contributed by atoms with Crippen LogP contribution in [0.1, 0.15) is 37.3 Å². The van der Waals surface area contributed by atoms with Gasteiger partial charge in [-0.15, -0.1) is 0 Å². The summed E-state index contributed by atoms with van der Waals surface area (Å²) in [6, 6.07) is 0.875. The summed E-state index contributed by atoms with van der Waals surface area (Å²) in [5, 5.41) is 21.1. The van der Waals surface area contributed by atoms with Gasteiger partial charge in [-0.3, -0.25) is 14.6 Å². The van der Waals surface area contributed by atoms with E-state index in [9.17, 15) is 31.1 Å². The Morgan fingerprint density at radius 2 is 1.54 bits per heavy atom. The van der Waals surface area contributed by atoms with Crippen molar-refractivity contribution in [1.82, 2.24) is 20.3 Å². The summed E-state index contributed by atoms with van der Waals surface area (Å²) in [7, 11) is 1.73. The summed E-state index contributed by atoms with van der Waals surface area (Å²) >= 11 is 0. The van der Waals surface area contributed by atoms with Gasteiger partial charge < -0.3 is 20.1 Å². The number of alkyl halides is 6. The molecule has 212 valence electrons. The van der Waals surface area contributed by atoms with Gasteiger partial charge in [0.1, 0.15) is 5.76 Å². The molecule has 1 amide bonds. The molecule has 0 spiro atoms. The minimum atomic E-state index is -5.08. The molecular formula is C21H30F6N4O6. The third kappa shape index (κ3) is 8.87. The van der Waals surface area contributed by atoms with E-state index in [1.54, 1.807) is 7.05 Å². The molecule has 2 fully saturated rings. The van der Waals surface area contributed by atoms with Gasteiger partial charge in [0.2, 0.25) is 5.91 Å². The van der Waals surface area contributed by atoms with Crippen LogP contribution in [0.25, 0.3) is 0 Å². The molecule has 2 aliphatic heterocycles. The van der Waals surface area contributed by atoms with Gasteiger partial charge in [-0.05, 0) is 40.0 Å². The van der Waals surface area contributed by atoms with Crippen LogP contribution in [0.4, 0.5) is 26.3 Å². The standard InChI is InChI=1S/C17H28N4O2.2C2HF3O2/c1-10(2)21-15(17(22)18-5)6-13-7-20(9-16(13)21)8-14-11(3)19-23-12(14)4;2*3-2(4,5)1(6)7/h10,13,15-16H,6-9H2,1-5H3,(H,18,22);2*(H,6,7)/t13-,15-,16+;;/m0../s1. The molecule has 1 aromatic rings. The quantitative estimate of drug-likeness (QED) is 0.485. The number of aryl methyl sites for hydroxylation is 2. The third-order valence-corrected chi connectivity index (χ3v) is 5.94. The fourth-order valence-corrected chi connectivity index (χ4v) is 4.38. The van der Waals surface area contributed by atoms with Crippen LogP contribution in [-0.4, -0.2) is 93.6 Å². The molecule has 3 rings (SSSR count). The number of aliphatic carboxylic acids is 2. The van der Waals surface area contributed by atoms with Gasteiger partial charge in [0, 0.05) is 44.3 Å². The van der Waals surface area contributed by atoms with Crippen molar-refractivity contribution in [1.29, 1.82) is 0 Å². The molecule has 0 bridgehead atoms. The van der Waals surface area contributed by atoms with Crippen molar-refractivity contribution in [2.45, 2.75) is 71.1 Å². The van der Waals surface area contributed by atoms with Gasteiger partial charge in [0.25, 0.3) is 0 Å². The Morgan fingerprint density at radius 1 is 1.05 bits per heavy atom. The molecule has 0 aromatic carbocycles. The average molecular weight is 548 g/mol. The third-order valence-electron chi connectivity index (χ3n) is 5.94. The minimum absolute atomic E-state index is 0.0243. The number of fused-ring (bicyclic) bond motifs is 1. The number of aromatic nitrogens is 1. The number of amides is 1. The van der Waals surface area contributed by atoms with E-state index in [0.29, 0.717) is 18.0 Å². The highest BCUT2D eigenvalue weighted by Crippen LogP contribution is 2.38. The van der Waals surface area contributed by atoms with Gasteiger partial charge in [0.05, 0.1) is 11.7 Å². The fraction of sp³-hybridized carbons (Fsp3) is 0.714. The van der Waals surface area contributed by atoms with Crippen molar-refractivity contribution in [3.8, 4) is 0 Å². The number of rotatable bonds is 4.